The van der Waals surface area contributed by atoms with Crippen LogP contribution in [-0.2, 0) is 4.79 Å². The quantitative estimate of drug-likeness (QED) is 0.337. The predicted octanol–water partition coefficient (Wildman–Crippen LogP) is 5.44. The van der Waals surface area contributed by atoms with Crippen LogP contribution in [0.1, 0.15) is 12.5 Å². The van der Waals surface area contributed by atoms with Gasteiger partial charge in [-0.25, -0.2) is 5.43 Å². The molecule has 0 spiro atoms. The first-order chi connectivity index (χ1) is 13.0. The third-order valence-electron chi connectivity index (χ3n) is 3.71. The van der Waals surface area contributed by atoms with Gasteiger partial charge in [-0.3, -0.25) is 9.78 Å². The number of hydrogen-bond acceptors (Lipinski definition) is 4. The van der Waals surface area contributed by atoms with E-state index in [1.165, 1.54) is 0 Å². The lowest BCUT2D eigenvalue weighted by atomic mass is 10.1. The molecule has 27 heavy (non-hydrogen) atoms. The molecule has 1 amide bonds. The van der Waals surface area contributed by atoms with E-state index in [0.29, 0.717) is 21.5 Å². The standard InChI is InChI=1S/C19H14Br3N3O2/c1-11(12-4-6-13(20)7-5-12)24-25-17(26)10-27-19-16(22)9-15(21)14-3-2-8-23-18(14)19/h2-9H,10H2,1H3,(H,25,26)/b24-11+. The summed E-state index contributed by atoms with van der Waals surface area (Å²) in [6.45, 7) is 1.65. The fraction of sp³-hybridized carbons (Fsp3) is 0.105. The summed E-state index contributed by atoms with van der Waals surface area (Å²) in [6, 6.07) is 13.3. The van der Waals surface area contributed by atoms with Crippen molar-refractivity contribution in [2.24, 2.45) is 5.10 Å². The largest absolute Gasteiger partial charge is 0.480 e. The summed E-state index contributed by atoms with van der Waals surface area (Å²) in [5.74, 6) is 0.155. The van der Waals surface area contributed by atoms with Crippen LogP contribution in [-0.4, -0.2) is 23.2 Å². The molecular weight excluding hydrogens is 542 g/mol. The van der Waals surface area contributed by atoms with Crippen LogP contribution in [0.25, 0.3) is 10.9 Å². The van der Waals surface area contributed by atoms with Gasteiger partial charge in [0, 0.05) is 20.5 Å². The van der Waals surface area contributed by atoms with Gasteiger partial charge in [0.05, 0.1) is 10.2 Å². The number of hydrazone groups is 1. The predicted molar refractivity (Wildman–Crippen MR) is 117 cm³/mol. The second-order valence-corrected chi connectivity index (χ2v) is 8.22. The molecule has 0 bridgehead atoms. The summed E-state index contributed by atoms with van der Waals surface area (Å²) < 4.78 is 8.29. The number of pyridine rings is 1. The second-order valence-electron chi connectivity index (χ2n) is 5.60. The van der Waals surface area contributed by atoms with Crippen molar-refractivity contribution in [2.75, 3.05) is 6.61 Å². The number of nitrogens with one attached hydrogen (secondary N) is 1. The molecule has 8 heteroatoms. The molecule has 0 radical (unpaired) electrons. The van der Waals surface area contributed by atoms with Gasteiger partial charge in [0.1, 0.15) is 5.52 Å². The van der Waals surface area contributed by atoms with Crippen molar-refractivity contribution in [2.45, 2.75) is 6.92 Å². The molecule has 5 nitrogen and oxygen atoms in total. The van der Waals surface area contributed by atoms with Crippen LogP contribution in [0.3, 0.4) is 0 Å². The van der Waals surface area contributed by atoms with Crippen LogP contribution >= 0.6 is 47.8 Å². The Hall–Kier alpha value is -1.77. The van der Waals surface area contributed by atoms with E-state index in [-0.39, 0.29) is 12.5 Å². The minimum atomic E-state index is -0.356. The topological polar surface area (TPSA) is 63.6 Å². The fourth-order valence-electron chi connectivity index (χ4n) is 2.36. The van der Waals surface area contributed by atoms with Crippen molar-refractivity contribution in [1.82, 2.24) is 10.4 Å². The highest BCUT2D eigenvalue weighted by Gasteiger charge is 2.13. The van der Waals surface area contributed by atoms with Gasteiger partial charge in [0.2, 0.25) is 0 Å². The van der Waals surface area contributed by atoms with Gasteiger partial charge in [0.15, 0.2) is 12.4 Å². The highest BCUT2D eigenvalue weighted by atomic mass is 79.9. The summed E-state index contributed by atoms with van der Waals surface area (Å²) in [5, 5.41) is 5.03. The second kappa shape index (κ2) is 8.95. The number of halogens is 3. The van der Waals surface area contributed by atoms with E-state index in [0.717, 1.165) is 19.9 Å². The first-order valence-electron chi connectivity index (χ1n) is 7.90. The molecule has 138 valence electrons. The lowest BCUT2D eigenvalue weighted by Crippen LogP contribution is -2.25. The van der Waals surface area contributed by atoms with Gasteiger partial charge < -0.3 is 4.74 Å². The maximum absolute atomic E-state index is 12.1. The zero-order chi connectivity index (χ0) is 19.4. The fourth-order valence-corrected chi connectivity index (χ4v) is 4.01. The molecule has 0 unspecified atom stereocenters. The lowest BCUT2D eigenvalue weighted by molar-refractivity contribution is -0.123. The Kier molecular flexibility index (Phi) is 6.62. The van der Waals surface area contributed by atoms with E-state index >= 15 is 0 Å². The van der Waals surface area contributed by atoms with E-state index in [1.807, 2.05) is 49.4 Å². The minimum Gasteiger partial charge on any atom is -0.480 e. The number of nitrogens with zero attached hydrogens (tertiary/aromatic N) is 2. The number of carbonyl (C=O) groups excluding carboxylic acids is 1. The van der Waals surface area contributed by atoms with Crippen LogP contribution in [0.2, 0.25) is 0 Å². The van der Waals surface area contributed by atoms with Crippen molar-refractivity contribution in [3.63, 3.8) is 0 Å². The molecular formula is C19H14Br3N3O2. The summed E-state index contributed by atoms with van der Waals surface area (Å²) in [5.41, 5.74) is 4.80. The Morgan fingerprint density at radius 3 is 2.63 bits per heavy atom. The number of benzene rings is 2. The Bertz CT molecular complexity index is 1020. The van der Waals surface area contributed by atoms with Gasteiger partial charge >= 0.3 is 0 Å². The number of hydrogen-bond donors (Lipinski definition) is 1. The summed E-state index contributed by atoms with van der Waals surface area (Å²) in [4.78, 5) is 16.5. The SMILES string of the molecule is C/C(=N\NC(=O)COc1c(Br)cc(Br)c2cccnc12)c1ccc(Br)cc1. The van der Waals surface area contributed by atoms with E-state index in [1.54, 1.807) is 6.20 Å². The van der Waals surface area contributed by atoms with Crippen molar-refractivity contribution in [3.8, 4) is 5.75 Å². The van der Waals surface area contributed by atoms with Crippen molar-refractivity contribution in [1.29, 1.82) is 0 Å². The zero-order valence-corrected chi connectivity index (χ0v) is 18.9. The molecule has 1 aromatic heterocycles. The van der Waals surface area contributed by atoms with Crippen molar-refractivity contribution >= 4 is 70.3 Å². The van der Waals surface area contributed by atoms with Gasteiger partial charge in [0.25, 0.3) is 5.91 Å². The summed E-state index contributed by atoms with van der Waals surface area (Å²) in [7, 11) is 0. The molecule has 0 aliphatic rings. The van der Waals surface area contributed by atoms with Gasteiger partial charge in [-0.1, -0.05) is 50.1 Å². The number of ether oxygens (including phenoxy) is 1. The number of aromatic nitrogens is 1. The highest BCUT2D eigenvalue weighted by Crippen LogP contribution is 2.37. The third kappa shape index (κ3) is 4.94. The van der Waals surface area contributed by atoms with E-state index in [2.05, 4.69) is 63.3 Å². The molecule has 2 aromatic carbocycles. The molecule has 0 aliphatic heterocycles. The Labute approximate surface area is 181 Å². The van der Waals surface area contributed by atoms with Crippen LogP contribution in [0.4, 0.5) is 0 Å². The number of carbonyl (C=O) groups is 1. The van der Waals surface area contributed by atoms with Crippen LogP contribution in [0, 0.1) is 0 Å². The lowest BCUT2D eigenvalue weighted by Gasteiger charge is -2.11. The molecule has 0 saturated heterocycles. The maximum Gasteiger partial charge on any atom is 0.277 e. The summed E-state index contributed by atoms with van der Waals surface area (Å²) in [6.07, 6.45) is 1.68. The number of fused-ring (bicyclic) bond motifs is 1. The molecule has 0 aliphatic carbocycles. The van der Waals surface area contributed by atoms with E-state index in [4.69, 9.17) is 4.74 Å². The Balaban J connectivity index is 1.68. The van der Waals surface area contributed by atoms with Gasteiger partial charge in [-0.15, -0.1) is 0 Å². The first kappa shape index (κ1) is 20.0. The van der Waals surface area contributed by atoms with Crippen molar-refractivity contribution in [3.05, 3.63) is 67.6 Å². The normalized spacial score (nSPS) is 11.5. The van der Waals surface area contributed by atoms with Gasteiger partial charge in [-0.2, -0.15) is 5.10 Å². The van der Waals surface area contributed by atoms with Crippen LogP contribution in [0.5, 0.6) is 5.75 Å². The summed E-state index contributed by atoms with van der Waals surface area (Å²) >= 11 is 10.4. The highest BCUT2D eigenvalue weighted by molar-refractivity contribution is 9.11. The number of rotatable bonds is 5. The molecule has 0 atom stereocenters. The average Bonchev–Trinajstić information content (AvgIpc) is 2.66. The third-order valence-corrected chi connectivity index (χ3v) is 5.48. The zero-order valence-electron chi connectivity index (χ0n) is 14.2. The van der Waals surface area contributed by atoms with Crippen LogP contribution < -0.4 is 10.2 Å². The molecule has 0 fully saturated rings. The smallest absolute Gasteiger partial charge is 0.277 e. The molecule has 0 saturated carbocycles. The van der Waals surface area contributed by atoms with E-state index < -0.39 is 0 Å². The van der Waals surface area contributed by atoms with Crippen molar-refractivity contribution < 1.29 is 9.53 Å². The maximum atomic E-state index is 12.1. The first-order valence-corrected chi connectivity index (χ1v) is 10.3. The molecule has 3 rings (SSSR count). The van der Waals surface area contributed by atoms with E-state index in [9.17, 15) is 4.79 Å². The van der Waals surface area contributed by atoms with Gasteiger partial charge in [-0.05, 0) is 52.7 Å². The average molecular weight is 556 g/mol. The monoisotopic (exact) mass is 553 g/mol. The molecule has 3 aromatic rings. The molecule has 1 N–H and O–H groups in total. The Morgan fingerprint density at radius 1 is 1.15 bits per heavy atom. The van der Waals surface area contributed by atoms with Crippen LogP contribution in [0.15, 0.2) is 67.2 Å². The minimum absolute atomic E-state index is 0.178. The molecule has 1 heterocycles. The number of amides is 1. The Morgan fingerprint density at radius 2 is 1.89 bits per heavy atom.